The highest BCUT2D eigenvalue weighted by Crippen LogP contribution is 2.18. The van der Waals surface area contributed by atoms with Gasteiger partial charge in [-0.3, -0.25) is 9.89 Å². The maximum atomic E-state index is 5.16. The van der Waals surface area contributed by atoms with Gasteiger partial charge in [-0.25, -0.2) is 0 Å². The predicted octanol–water partition coefficient (Wildman–Crippen LogP) is 2.62. The molecule has 0 bridgehead atoms. The summed E-state index contributed by atoms with van der Waals surface area (Å²) in [6.45, 7) is 9.36. The molecule has 1 heterocycles. The number of methoxy groups -OCH3 is 1. The first-order valence-electron chi connectivity index (χ1n) is 9.37. The molecule has 1 fully saturated rings. The van der Waals surface area contributed by atoms with Crippen molar-refractivity contribution in [3.8, 4) is 0 Å². The van der Waals surface area contributed by atoms with Crippen LogP contribution < -0.4 is 10.6 Å². The fourth-order valence-corrected chi connectivity index (χ4v) is 3.22. The average Bonchev–Trinajstić information content (AvgIpc) is 2.61. The minimum Gasteiger partial charge on any atom is -0.383 e. The van der Waals surface area contributed by atoms with Crippen LogP contribution in [0.5, 0.6) is 0 Å². The smallest absolute Gasteiger partial charge is 0.191 e. The third-order valence-corrected chi connectivity index (χ3v) is 4.76. The van der Waals surface area contributed by atoms with E-state index in [-0.39, 0.29) is 6.04 Å². The number of ether oxygens (including phenoxy) is 1. The zero-order valence-electron chi connectivity index (χ0n) is 16.2. The Kier molecular flexibility index (Phi) is 8.22. The zero-order valence-corrected chi connectivity index (χ0v) is 16.2. The van der Waals surface area contributed by atoms with Crippen molar-refractivity contribution in [2.45, 2.75) is 45.8 Å². The molecular formula is C20H34N4O. The molecule has 1 atom stereocenters. The Bertz CT molecular complexity index is 538. The maximum Gasteiger partial charge on any atom is 0.191 e. The average molecular weight is 347 g/mol. The monoisotopic (exact) mass is 346 g/mol. The molecule has 5 nitrogen and oxygen atoms in total. The van der Waals surface area contributed by atoms with Gasteiger partial charge in [-0.1, -0.05) is 31.2 Å². The number of benzene rings is 1. The van der Waals surface area contributed by atoms with Gasteiger partial charge in [-0.05, 0) is 49.9 Å². The van der Waals surface area contributed by atoms with Crippen molar-refractivity contribution < 1.29 is 4.74 Å². The fraction of sp³-hybridized carbons (Fsp3) is 0.650. The van der Waals surface area contributed by atoms with Crippen molar-refractivity contribution in [1.29, 1.82) is 0 Å². The van der Waals surface area contributed by atoms with Crippen LogP contribution in [0.1, 0.15) is 37.8 Å². The van der Waals surface area contributed by atoms with E-state index in [0.29, 0.717) is 6.61 Å². The zero-order chi connectivity index (χ0) is 18.1. The normalized spacial score (nSPS) is 18.2. The van der Waals surface area contributed by atoms with Crippen LogP contribution in [0.4, 0.5) is 0 Å². The molecule has 25 heavy (non-hydrogen) atoms. The first kappa shape index (κ1) is 19.7. The summed E-state index contributed by atoms with van der Waals surface area (Å²) >= 11 is 0. The summed E-state index contributed by atoms with van der Waals surface area (Å²) in [6, 6.07) is 9.08. The second-order valence-electron chi connectivity index (χ2n) is 7.21. The third-order valence-electron chi connectivity index (χ3n) is 4.76. The van der Waals surface area contributed by atoms with Crippen LogP contribution in [-0.4, -0.2) is 50.8 Å². The Morgan fingerprint density at radius 3 is 2.72 bits per heavy atom. The highest BCUT2D eigenvalue weighted by molar-refractivity contribution is 5.79. The van der Waals surface area contributed by atoms with Crippen LogP contribution in [0.15, 0.2) is 29.3 Å². The molecule has 0 aliphatic carbocycles. The number of nitrogens with zero attached hydrogens (tertiary/aromatic N) is 2. The first-order chi connectivity index (χ1) is 12.1. The third kappa shape index (κ3) is 7.04. The highest BCUT2D eigenvalue weighted by Gasteiger charge is 2.15. The summed E-state index contributed by atoms with van der Waals surface area (Å²) in [5.74, 6) is 1.69. The number of hydrogen-bond acceptors (Lipinski definition) is 3. The largest absolute Gasteiger partial charge is 0.383 e. The molecule has 0 aromatic heterocycles. The van der Waals surface area contributed by atoms with E-state index in [0.717, 1.165) is 25.0 Å². The van der Waals surface area contributed by atoms with Crippen LogP contribution in [0, 0.1) is 5.92 Å². The van der Waals surface area contributed by atoms with Gasteiger partial charge < -0.3 is 15.4 Å². The van der Waals surface area contributed by atoms with E-state index in [9.17, 15) is 0 Å². The number of hydrogen-bond donors (Lipinski definition) is 2. The van der Waals surface area contributed by atoms with Gasteiger partial charge in [-0.2, -0.15) is 0 Å². The molecule has 1 aliphatic rings. The number of nitrogens with one attached hydrogen (secondary N) is 2. The van der Waals surface area contributed by atoms with Gasteiger partial charge in [0.05, 0.1) is 6.61 Å². The van der Waals surface area contributed by atoms with Crippen LogP contribution in [0.2, 0.25) is 0 Å². The molecule has 1 aromatic rings. The van der Waals surface area contributed by atoms with Crippen molar-refractivity contribution in [2.75, 3.05) is 33.9 Å². The van der Waals surface area contributed by atoms with Gasteiger partial charge in [0.25, 0.3) is 0 Å². The van der Waals surface area contributed by atoms with E-state index in [2.05, 4.69) is 58.6 Å². The fourth-order valence-electron chi connectivity index (χ4n) is 3.22. The Morgan fingerprint density at radius 1 is 1.32 bits per heavy atom. The molecule has 0 spiro atoms. The van der Waals surface area contributed by atoms with E-state index < -0.39 is 0 Å². The maximum absolute atomic E-state index is 5.16. The summed E-state index contributed by atoms with van der Waals surface area (Å²) in [5.41, 5.74) is 2.68. The van der Waals surface area contributed by atoms with Crippen LogP contribution in [0.3, 0.4) is 0 Å². The van der Waals surface area contributed by atoms with Crippen LogP contribution in [0.25, 0.3) is 0 Å². The van der Waals surface area contributed by atoms with E-state index >= 15 is 0 Å². The molecular weight excluding hydrogens is 312 g/mol. The topological polar surface area (TPSA) is 48.9 Å². The molecule has 5 heteroatoms. The molecule has 0 amide bonds. The van der Waals surface area contributed by atoms with Gasteiger partial charge in [0.2, 0.25) is 0 Å². The predicted molar refractivity (Wildman–Crippen MR) is 105 cm³/mol. The van der Waals surface area contributed by atoms with Gasteiger partial charge in [0.1, 0.15) is 0 Å². The van der Waals surface area contributed by atoms with Gasteiger partial charge in [0.15, 0.2) is 5.96 Å². The van der Waals surface area contributed by atoms with Crippen molar-refractivity contribution in [2.24, 2.45) is 10.9 Å². The quantitative estimate of drug-likeness (QED) is 0.589. The van der Waals surface area contributed by atoms with Crippen LogP contribution in [-0.2, 0) is 17.8 Å². The molecule has 1 aliphatic heterocycles. The minimum absolute atomic E-state index is 0.226. The first-order valence-corrected chi connectivity index (χ1v) is 9.37. The number of rotatable bonds is 7. The molecule has 1 saturated heterocycles. The number of aliphatic imine (C=N–C) groups is 1. The molecule has 0 saturated carbocycles. The lowest BCUT2D eigenvalue weighted by molar-refractivity contribution is 0.179. The van der Waals surface area contributed by atoms with Crippen molar-refractivity contribution in [3.05, 3.63) is 35.4 Å². The Labute approximate surface area is 152 Å². The van der Waals surface area contributed by atoms with Gasteiger partial charge in [-0.15, -0.1) is 0 Å². The number of guanidine groups is 1. The Hall–Kier alpha value is -1.59. The van der Waals surface area contributed by atoms with Crippen molar-refractivity contribution in [1.82, 2.24) is 15.5 Å². The minimum atomic E-state index is 0.226. The summed E-state index contributed by atoms with van der Waals surface area (Å²) in [5, 5.41) is 6.71. The molecule has 2 N–H and O–H groups in total. The van der Waals surface area contributed by atoms with Crippen molar-refractivity contribution in [3.63, 3.8) is 0 Å². The summed E-state index contributed by atoms with van der Waals surface area (Å²) in [6.07, 6.45) is 2.64. The lowest BCUT2D eigenvalue weighted by Crippen LogP contribution is -2.43. The Morgan fingerprint density at radius 2 is 2.04 bits per heavy atom. The summed E-state index contributed by atoms with van der Waals surface area (Å²) < 4.78 is 5.16. The van der Waals surface area contributed by atoms with Crippen molar-refractivity contribution >= 4 is 5.96 Å². The lowest BCUT2D eigenvalue weighted by Gasteiger charge is -2.30. The summed E-state index contributed by atoms with van der Waals surface area (Å²) in [7, 11) is 3.51. The number of piperidine rings is 1. The molecule has 1 unspecified atom stereocenters. The lowest BCUT2D eigenvalue weighted by atomic mass is 9.98. The Balaban J connectivity index is 1.84. The number of likely N-dealkylation sites (tertiary alicyclic amines) is 1. The summed E-state index contributed by atoms with van der Waals surface area (Å²) in [4.78, 5) is 6.85. The van der Waals surface area contributed by atoms with Gasteiger partial charge >= 0.3 is 0 Å². The van der Waals surface area contributed by atoms with Crippen LogP contribution >= 0.6 is 0 Å². The van der Waals surface area contributed by atoms with Gasteiger partial charge in [0, 0.05) is 33.3 Å². The second-order valence-corrected chi connectivity index (χ2v) is 7.21. The van der Waals surface area contributed by atoms with E-state index in [1.54, 1.807) is 14.2 Å². The van der Waals surface area contributed by atoms with E-state index in [1.807, 2.05) is 0 Å². The SMILES string of the molecule is CN=C(NCc1cccc(CN2CCC(C)CC2)c1)NC(C)COC. The molecule has 0 radical (unpaired) electrons. The standard InChI is InChI=1S/C20H34N4O/c1-16-8-10-24(11-9-16)14-19-7-5-6-18(12-19)13-22-20(21-3)23-17(2)15-25-4/h5-7,12,16-17H,8-11,13-15H2,1-4H3,(H2,21,22,23). The van der Waals surface area contributed by atoms with E-state index in [4.69, 9.17) is 4.74 Å². The molecule has 2 rings (SSSR count). The van der Waals surface area contributed by atoms with E-state index in [1.165, 1.54) is 37.1 Å². The molecule has 1 aromatic carbocycles. The highest BCUT2D eigenvalue weighted by atomic mass is 16.5. The second kappa shape index (κ2) is 10.4. The molecule has 140 valence electrons.